The summed E-state index contributed by atoms with van der Waals surface area (Å²) in [5.74, 6) is -1.58. The first kappa shape index (κ1) is 15.5. The highest BCUT2D eigenvalue weighted by atomic mass is 32.2. The molecular formula is C8H11F2N3O5S. The van der Waals surface area contributed by atoms with Crippen LogP contribution in [0.4, 0.5) is 8.78 Å². The Hall–Kier alpha value is -1.59. The van der Waals surface area contributed by atoms with Gasteiger partial charge in [-0.3, -0.25) is 5.10 Å². The zero-order valence-corrected chi connectivity index (χ0v) is 10.4. The van der Waals surface area contributed by atoms with Gasteiger partial charge in [-0.2, -0.15) is 5.10 Å². The predicted molar refractivity (Wildman–Crippen MR) is 57.5 cm³/mol. The molecule has 0 bridgehead atoms. The number of aryl methyl sites for hydroxylation is 1. The molecule has 8 nitrogen and oxygen atoms in total. The molecule has 11 heteroatoms. The van der Waals surface area contributed by atoms with Crippen molar-refractivity contribution >= 4 is 16.0 Å². The maximum absolute atomic E-state index is 12.0. The molecule has 0 aromatic carbocycles. The van der Waals surface area contributed by atoms with Crippen molar-refractivity contribution < 1.29 is 32.2 Å². The Morgan fingerprint density at radius 1 is 1.53 bits per heavy atom. The Morgan fingerprint density at radius 2 is 2.11 bits per heavy atom. The van der Waals surface area contributed by atoms with Gasteiger partial charge in [0.25, 0.3) is 6.43 Å². The lowest BCUT2D eigenvalue weighted by Crippen LogP contribution is -2.36. The number of aliphatic hydroxyl groups excluding tert-OH is 1. The number of aromatic carboxylic acids is 1. The van der Waals surface area contributed by atoms with Crippen LogP contribution in [-0.4, -0.2) is 53.9 Å². The average Bonchev–Trinajstić information content (AvgIpc) is 2.68. The normalized spacial score (nSPS) is 13.7. The number of aliphatic hydroxyl groups is 1. The highest BCUT2D eigenvalue weighted by molar-refractivity contribution is 7.89. The van der Waals surface area contributed by atoms with E-state index < -0.39 is 45.7 Å². The first-order chi connectivity index (χ1) is 8.66. The van der Waals surface area contributed by atoms with E-state index in [0.29, 0.717) is 0 Å². The number of alkyl halides is 2. The summed E-state index contributed by atoms with van der Waals surface area (Å²) in [5, 5.41) is 23.0. The molecular weight excluding hydrogens is 288 g/mol. The molecule has 0 saturated carbocycles. The van der Waals surface area contributed by atoms with Crippen molar-refractivity contribution in [1.82, 2.24) is 14.9 Å². The number of rotatable bonds is 6. The van der Waals surface area contributed by atoms with Crippen molar-refractivity contribution in [2.24, 2.45) is 0 Å². The molecule has 19 heavy (non-hydrogen) atoms. The molecule has 4 N–H and O–H groups in total. The first-order valence-corrected chi connectivity index (χ1v) is 6.39. The highest BCUT2D eigenvalue weighted by Gasteiger charge is 2.29. The van der Waals surface area contributed by atoms with E-state index in [1.807, 2.05) is 0 Å². The van der Waals surface area contributed by atoms with Crippen LogP contribution in [0, 0.1) is 6.92 Å². The molecule has 0 spiro atoms. The predicted octanol–water partition coefficient (Wildman–Crippen LogP) is -0.679. The molecule has 0 fully saturated rings. The van der Waals surface area contributed by atoms with Crippen molar-refractivity contribution in [3.63, 3.8) is 0 Å². The number of H-pyrrole nitrogens is 1. The molecule has 1 unspecified atom stereocenters. The third-order valence-electron chi connectivity index (χ3n) is 2.14. The van der Waals surface area contributed by atoms with E-state index in [1.54, 1.807) is 4.72 Å². The first-order valence-electron chi connectivity index (χ1n) is 4.91. The van der Waals surface area contributed by atoms with Crippen LogP contribution in [0.5, 0.6) is 0 Å². The van der Waals surface area contributed by atoms with Crippen LogP contribution in [-0.2, 0) is 10.0 Å². The van der Waals surface area contributed by atoms with Crippen LogP contribution in [0.25, 0.3) is 0 Å². The molecule has 0 aliphatic carbocycles. The van der Waals surface area contributed by atoms with Crippen molar-refractivity contribution in [2.75, 3.05) is 6.54 Å². The summed E-state index contributed by atoms with van der Waals surface area (Å²) >= 11 is 0. The quantitative estimate of drug-likeness (QED) is 0.550. The molecule has 0 aliphatic heterocycles. The number of hydrogen-bond acceptors (Lipinski definition) is 5. The summed E-state index contributed by atoms with van der Waals surface area (Å²) in [6.45, 7) is 0.321. The van der Waals surface area contributed by atoms with Gasteiger partial charge in [0.1, 0.15) is 11.0 Å². The molecule has 1 aromatic rings. The monoisotopic (exact) mass is 299 g/mol. The highest BCUT2D eigenvalue weighted by Crippen LogP contribution is 2.17. The van der Waals surface area contributed by atoms with Gasteiger partial charge in [-0.15, -0.1) is 0 Å². The van der Waals surface area contributed by atoms with Crippen molar-refractivity contribution in [3.8, 4) is 0 Å². The largest absolute Gasteiger partial charge is 0.476 e. The number of sulfonamides is 1. The van der Waals surface area contributed by atoms with Gasteiger partial charge < -0.3 is 10.2 Å². The minimum Gasteiger partial charge on any atom is -0.476 e. The van der Waals surface area contributed by atoms with E-state index in [4.69, 9.17) is 10.2 Å². The lowest BCUT2D eigenvalue weighted by Gasteiger charge is -2.11. The Bertz CT molecular complexity index is 571. The van der Waals surface area contributed by atoms with E-state index in [0.717, 1.165) is 0 Å². The van der Waals surface area contributed by atoms with E-state index in [1.165, 1.54) is 6.92 Å². The molecule has 0 saturated heterocycles. The Kier molecular flexibility index (Phi) is 4.55. The molecule has 1 atom stereocenters. The number of halogens is 2. The van der Waals surface area contributed by atoms with Crippen LogP contribution >= 0.6 is 0 Å². The fourth-order valence-corrected chi connectivity index (χ4v) is 2.62. The number of carboxylic acid groups (broad SMARTS) is 1. The standard InChI is InChI=1S/C8H11F2N3O5S/c1-3-6(5(8(15)16)13-12-3)19(17,18)11-2-4(14)7(9)10/h4,7,11,14H,2H2,1H3,(H,12,13)(H,15,16). The second-order valence-corrected chi connectivity index (χ2v) is 5.29. The number of nitrogens with one attached hydrogen (secondary N) is 2. The molecule has 0 radical (unpaired) electrons. The lowest BCUT2D eigenvalue weighted by atomic mass is 10.4. The summed E-state index contributed by atoms with van der Waals surface area (Å²) in [5.41, 5.74) is -0.812. The molecule has 108 valence electrons. The second kappa shape index (κ2) is 5.59. The van der Waals surface area contributed by atoms with Crippen molar-refractivity contribution in [3.05, 3.63) is 11.4 Å². The van der Waals surface area contributed by atoms with Gasteiger partial charge in [-0.1, -0.05) is 0 Å². The Morgan fingerprint density at radius 3 is 2.58 bits per heavy atom. The van der Waals surface area contributed by atoms with Gasteiger partial charge in [0.2, 0.25) is 10.0 Å². The summed E-state index contributed by atoms with van der Waals surface area (Å²) in [6.07, 6.45) is -5.30. The van der Waals surface area contributed by atoms with Gasteiger partial charge in [0, 0.05) is 6.54 Å². The van der Waals surface area contributed by atoms with Crippen LogP contribution < -0.4 is 4.72 Å². The van der Waals surface area contributed by atoms with E-state index in [9.17, 15) is 22.0 Å². The molecule has 0 amide bonds. The fraction of sp³-hybridized carbons (Fsp3) is 0.500. The van der Waals surface area contributed by atoms with E-state index >= 15 is 0 Å². The van der Waals surface area contributed by atoms with Crippen molar-refractivity contribution in [2.45, 2.75) is 24.3 Å². The molecule has 1 aromatic heterocycles. The number of carbonyl (C=O) groups is 1. The number of aromatic amines is 1. The third kappa shape index (κ3) is 3.45. The number of nitrogens with zero attached hydrogens (tertiary/aromatic N) is 1. The smallest absolute Gasteiger partial charge is 0.357 e. The zero-order valence-electron chi connectivity index (χ0n) is 9.59. The second-order valence-electron chi connectivity index (χ2n) is 3.59. The summed E-state index contributed by atoms with van der Waals surface area (Å²) in [6, 6.07) is 0. The fourth-order valence-electron chi connectivity index (χ4n) is 1.25. The number of hydrogen-bond donors (Lipinski definition) is 4. The minimum atomic E-state index is -4.37. The van der Waals surface area contributed by atoms with Crippen LogP contribution in [0.2, 0.25) is 0 Å². The maximum atomic E-state index is 12.0. The maximum Gasteiger partial charge on any atom is 0.357 e. The summed E-state index contributed by atoms with van der Waals surface area (Å²) in [7, 11) is -4.37. The zero-order chi connectivity index (χ0) is 14.8. The van der Waals surface area contributed by atoms with Gasteiger partial charge in [-0.05, 0) is 6.92 Å². The third-order valence-corrected chi connectivity index (χ3v) is 3.72. The van der Waals surface area contributed by atoms with Gasteiger partial charge >= 0.3 is 5.97 Å². The SMILES string of the molecule is Cc1[nH]nc(C(=O)O)c1S(=O)(=O)NCC(O)C(F)F. The Balaban J connectivity index is 3.01. The number of carboxylic acids is 1. The summed E-state index contributed by atoms with van der Waals surface area (Å²) in [4.78, 5) is 10.1. The minimum absolute atomic E-state index is 0.0589. The average molecular weight is 299 g/mol. The summed E-state index contributed by atoms with van der Waals surface area (Å²) < 4.78 is 49.3. The van der Waals surface area contributed by atoms with Gasteiger partial charge in [0.05, 0.1) is 5.69 Å². The van der Waals surface area contributed by atoms with Gasteiger partial charge in [-0.25, -0.2) is 26.7 Å². The van der Waals surface area contributed by atoms with E-state index in [2.05, 4.69) is 10.2 Å². The molecule has 1 rings (SSSR count). The molecule has 1 heterocycles. The van der Waals surface area contributed by atoms with Crippen LogP contribution in [0.3, 0.4) is 0 Å². The lowest BCUT2D eigenvalue weighted by molar-refractivity contribution is -0.000456. The van der Waals surface area contributed by atoms with Crippen molar-refractivity contribution in [1.29, 1.82) is 0 Å². The topological polar surface area (TPSA) is 132 Å². The van der Waals surface area contributed by atoms with Crippen LogP contribution in [0.1, 0.15) is 16.2 Å². The number of aromatic nitrogens is 2. The molecule has 0 aliphatic rings. The van der Waals surface area contributed by atoms with Crippen LogP contribution in [0.15, 0.2) is 4.90 Å². The van der Waals surface area contributed by atoms with Gasteiger partial charge in [0.15, 0.2) is 5.69 Å². The van der Waals surface area contributed by atoms with E-state index in [-0.39, 0.29) is 5.69 Å². The Labute approximate surface area is 106 Å².